The average molecular weight is 567 g/mol. The molecule has 1 aromatic carbocycles. The summed E-state index contributed by atoms with van der Waals surface area (Å²) in [6, 6.07) is 13.5. The first-order valence-electron chi connectivity index (χ1n) is 13.4. The van der Waals surface area contributed by atoms with Crippen molar-refractivity contribution < 1.29 is 11.0 Å². The Morgan fingerprint density at radius 1 is 1.10 bits per heavy atom. The Hall–Kier alpha value is -3.18. The van der Waals surface area contributed by atoms with Gasteiger partial charge in [-0.1, -0.05) is 32.0 Å². The van der Waals surface area contributed by atoms with Crippen molar-refractivity contribution in [2.24, 2.45) is 0 Å². The molecule has 39 heavy (non-hydrogen) atoms. The fraction of sp³-hybridized carbons (Fsp3) is 0.379. The molecule has 0 spiro atoms. The molecule has 0 saturated carbocycles. The summed E-state index contributed by atoms with van der Waals surface area (Å²) < 4.78 is 5.44. The van der Waals surface area contributed by atoms with Crippen LogP contribution in [0.2, 0.25) is 0 Å². The number of carbonyl (C=O) groups is 1. The van der Waals surface area contributed by atoms with E-state index in [9.17, 15) is 4.79 Å². The van der Waals surface area contributed by atoms with Gasteiger partial charge < -0.3 is 15.0 Å². The number of anilines is 3. The molecule has 5 rings (SSSR count). The Bertz CT molecular complexity index is 1320. The predicted octanol–water partition coefficient (Wildman–Crippen LogP) is 6.66. The molecule has 4 aromatic rings. The van der Waals surface area contributed by atoms with Crippen LogP contribution in [0.1, 0.15) is 42.8 Å². The van der Waals surface area contributed by atoms with Gasteiger partial charge in [0, 0.05) is 44.9 Å². The molecule has 1 saturated heterocycles. The number of aromatic nitrogens is 3. The Morgan fingerprint density at radius 2 is 1.87 bits per heavy atom. The van der Waals surface area contributed by atoms with Crippen molar-refractivity contribution in [3.05, 3.63) is 70.3 Å². The Morgan fingerprint density at radius 3 is 2.54 bits per heavy atom. The largest absolute Gasteiger partial charge is 0.379 e. The fourth-order valence-electron chi connectivity index (χ4n) is 4.30. The van der Waals surface area contributed by atoms with Crippen LogP contribution in [0.25, 0.3) is 10.6 Å². The third-order valence-corrected chi connectivity index (χ3v) is 8.01. The van der Waals surface area contributed by atoms with Crippen molar-refractivity contribution >= 4 is 45.2 Å². The predicted molar refractivity (Wildman–Crippen MR) is 164 cm³/mol. The molecule has 1 N–H and O–H groups in total. The first-order chi connectivity index (χ1) is 19.1. The molecule has 1 aliphatic rings. The molecule has 0 aliphatic carbocycles. The maximum Gasteiger partial charge on any atom is 0.259 e. The Kier molecular flexibility index (Phi) is 10.5. The van der Waals surface area contributed by atoms with Crippen LogP contribution in [0, 0.1) is 13.8 Å². The van der Waals surface area contributed by atoms with E-state index in [0.717, 1.165) is 71.4 Å². The van der Waals surface area contributed by atoms with Gasteiger partial charge in [-0.2, -0.15) is 0 Å². The maximum absolute atomic E-state index is 13.5. The van der Waals surface area contributed by atoms with E-state index in [4.69, 9.17) is 9.72 Å². The Labute approximate surface area is 240 Å². The van der Waals surface area contributed by atoms with Crippen LogP contribution in [0.4, 0.5) is 16.6 Å². The second-order valence-electron chi connectivity index (χ2n) is 8.84. The van der Waals surface area contributed by atoms with Gasteiger partial charge in [-0.15, -0.1) is 22.7 Å². The van der Waals surface area contributed by atoms with Crippen molar-refractivity contribution in [2.45, 2.75) is 34.1 Å². The summed E-state index contributed by atoms with van der Waals surface area (Å²) >= 11 is 3.17. The average Bonchev–Trinajstić information content (AvgIpc) is 3.58. The topological polar surface area (TPSA) is 83.5 Å². The van der Waals surface area contributed by atoms with Crippen molar-refractivity contribution in [2.75, 3.05) is 49.6 Å². The zero-order valence-electron chi connectivity index (χ0n) is 23.0. The summed E-state index contributed by atoms with van der Waals surface area (Å²) in [5, 5.41) is 7.06. The van der Waals surface area contributed by atoms with Gasteiger partial charge in [0.1, 0.15) is 5.82 Å². The van der Waals surface area contributed by atoms with Crippen LogP contribution < -0.4 is 10.2 Å². The van der Waals surface area contributed by atoms with E-state index in [1.54, 1.807) is 17.5 Å². The van der Waals surface area contributed by atoms with Gasteiger partial charge in [-0.05, 0) is 44.5 Å². The smallest absolute Gasteiger partial charge is 0.259 e. The van der Waals surface area contributed by atoms with Gasteiger partial charge in [0.25, 0.3) is 5.91 Å². The van der Waals surface area contributed by atoms with Crippen molar-refractivity contribution in [1.82, 2.24) is 19.9 Å². The van der Waals surface area contributed by atoms with E-state index in [1.807, 2.05) is 80.4 Å². The van der Waals surface area contributed by atoms with Crippen molar-refractivity contribution in [3.63, 3.8) is 0 Å². The van der Waals surface area contributed by atoms with Crippen molar-refractivity contribution in [3.8, 4) is 10.6 Å². The number of carbonyl (C=O) groups excluding carboxylic acids is 1. The van der Waals surface area contributed by atoms with E-state index >= 15 is 0 Å². The standard InChI is InChI=1S/C27H30N6O2S2.C2H6.H2/c1-19-25(37-20(2)29-19)23-18-36-27(30-23)31-24-10-9-21(17-28-24)26(34)33(22-7-4-3-5-8-22)12-6-11-32-13-15-35-16-14-32;1-2;/h3-5,7-10,17-18H,6,11-16H2,1-2H3,(H,28,30,31);1-2H3;1H. The lowest BCUT2D eigenvalue weighted by Gasteiger charge is -2.28. The first kappa shape index (κ1) is 28.8. The molecule has 1 amide bonds. The highest BCUT2D eigenvalue weighted by Crippen LogP contribution is 2.32. The number of nitrogens with zero attached hydrogens (tertiary/aromatic N) is 5. The molecule has 1 fully saturated rings. The van der Waals surface area contributed by atoms with E-state index in [-0.39, 0.29) is 7.33 Å². The third-order valence-electron chi connectivity index (χ3n) is 6.16. The van der Waals surface area contributed by atoms with Gasteiger partial charge in [0.05, 0.1) is 40.0 Å². The molecule has 3 aromatic heterocycles. The van der Waals surface area contributed by atoms with Crippen molar-refractivity contribution in [1.29, 1.82) is 0 Å². The van der Waals surface area contributed by atoms with E-state index < -0.39 is 0 Å². The molecule has 0 radical (unpaired) electrons. The normalized spacial score (nSPS) is 13.4. The van der Waals surface area contributed by atoms with E-state index in [1.165, 1.54) is 11.3 Å². The van der Waals surface area contributed by atoms with Crippen LogP contribution in [0.5, 0.6) is 0 Å². The number of amides is 1. The molecule has 10 heteroatoms. The number of nitrogens with one attached hydrogen (secondary N) is 1. The molecule has 208 valence electrons. The van der Waals surface area contributed by atoms with Gasteiger partial charge in [-0.25, -0.2) is 15.0 Å². The quantitative estimate of drug-likeness (QED) is 0.242. The number of hydrogen-bond acceptors (Lipinski definition) is 9. The molecular weight excluding hydrogens is 528 g/mol. The van der Waals surface area contributed by atoms with Gasteiger partial charge >= 0.3 is 0 Å². The summed E-state index contributed by atoms with van der Waals surface area (Å²) in [4.78, 5) is 32.5. The zero-order chi connectivity index (χ0) is 27.6. The second kappa shape index (κ2) is 14.3. The summed E-state index contributed by atoms with van der Waals surface area (Å²) in [6.07, 6.45) is 2.52. The number of pyridine rings is 1. The minimum absolute atomic E-state index is 0. The molecule has 8 nitrogen and oxygen atoms in total. The number of morpholine rings is 1. The third kappa shape index (κ3) is 7.69. The summed E-state index contributed by atoms with van der Waals surface area (Å²) in [6.45, 7) is 13.0. The minimum Gasteiger partial charge on any atom is -0.379 e. The number of ether oxygens (including phenoxy) is 1. The number of benzene rings is 1. The van der Waals surface area contributed by atoms with E-state index in [2.05, 4.69) is 20.2 Å². The van der Waals surface area contributed by atoms with Crippen LogP contribution >= 0.6 is 22.7 Å². The molecule has 0 atom stereocenters. The summed E-state index contributed by atoms with van der Waals surface area (Å²) in [5.74, 6) is 0.591. The number of rotatable bonds is 9. The summed E-state index contributed by atoms with van der Waals surface area (Å²) in [7, 11) is 0. The number of aryl methyl sites for hydroxylation is 2. The Balaban J connectivity index is 0.00000144. The molecule has 0 bridgehead atoms. The fourth-order valence-corrected chi connectivity index (χ4v) is 5.96. The molecule has 1 aliphatic heterocycles. The highest BCUT2D eigenvalue weighted by Gasteiger charge is 2.19. The van der Waals surface area contributed by atoms with Crippen LogP contribution in [0.15, 0.2) is 54.0 Å². The molecule has 4 heterocycles. The first-order valence-corrected chi connectivity index (χ1v) is 15.1. The highest BCUT2D eigenvalue weighted by atomic mass is 32.1. The molecular formula is C29H38N6O2S2. The lowest BCUT2D eigenvalue weighted by molar-refractivity contribution is 0.0376. The van der Waals surface area contributed by atoms with Crippen LogP contribution in [-0.4, -0.2) is 65.2 Å². The highest BCUT2D eigenvalue weighted by molar-refractivity contribution is 7.16. The van der Waals surface area contributed by atoms with Gasteiger partial charge in [-0.3, -0.25) is 9.69 Å². The summed E-state index contributed by atoms with van der Waals surface area (Å²) in [5.41, 5.74) is 3.35. The van der Waals surface area contributed by atoms with Gasteiger partial charge in [0.15, 0.2) is 5.13 Å². The lowest BCUT2D eigenvalue weighted by Crippen LogP contribution is -2.39. The maximum atomic E-state index is 13.5. The second-order valence-corrected chi connectivity index (χ2v) is 10.9. The van der Waals surface area contributed by atoms with Crippen LogP contribution in [-0.2, 0) is 4.74 Å². The monoisotopic (exact) mass is 566 g/mol. The van der Waals surface area contributed by atoms with Gasteiger partial charge in [0.2, 0.25) is 0 Å². The van der Waals surface area contributed by atoms with Crippen LogP contribution in [0.3, 0.4) is 0 Å². The minimum atomic E-state index is -0.0557. The SMILES string of the molecule is CC.Cc1nc(C)c(-c2csc(Nc3ccc(C(=O)N(CCCN4CCOCC4)c4ccccc4)cn3)n2)s1.[HH]. The number of para-hydroxylation sites is 1. The lowest BCUT2D eigenvalue weighted by atomic mass is 10.2. The van der Waals surface area contributed by atoms with E-state index in [0.29, 0.717) is 17.9 Å². The zero-order valence-corrected chi connectivity index (χ0v) is 24.6. The number of thiazole rings is 2. The number of hydrogen-bond donors (Lipinski definition) is 1. The molecule has 0 unspecified atom stereocenters.